The summed E-state index contributed by atoms with van der Waals surface area (Å²) < 4.78 is 26.8. The second-order valence-corrected chi connectivity index (χ2v) is 9.97. The van der Waals surface area contributed by atoms with E-state index >= 15 is 0 Å². The predicted molar refractivity (Wildman–Crippen MR) is 119 cm³/mol. The van der Waals surface area contributed by atoms with E-state index in [1.54, 1.807) is 37.3 Å². The van der Waals surface area contributed by atoms with Gasteiger partial charge in [-0.1, -0.05) is 35.9 Å². The summed E-state index contributed by atoms with van der Waals surface area (Å²) in [6.45, 7) is 3.52. The average Bonchev–Trinajstić information content (AvgIpc) is 3.19. The topological polar surface area (TPSA) is 101 Å². The lowest BCUT2D eigenvalue weighted by Gasteiger charge is -2.07. The molecule has 154 valence electrons. The number of rotatable bonds is 4. The van der Waals surface area contributed by atoms with Crippen molar-refractivity contribution in [3.8, 4) is 11.3 Å². The molecule has 0 unspecified atom stereocenters. The second kappa shape index (κ2) is 7.82. The van der Waals surface area contributed by atoms with Crippen LogP contribution in [0, 0.1) is 6.92 Å². The Balaban J connectivity index is 1.53. The fourth-order valence-corrected chi connectivity index (χ4v) is 5.22. The molecule has 3 aromatic rings. The molecule has 0 radical (unpaired) electrons. The molecular formula is C20H17ClN4O3S2. The molecule has 1 atom stereocenters. The molecule has 2 N–H and O–H groups in total. The number of aryl methyl sites for hydroxylation is 1. The zero-order valence-electron chi connectivity index (χ0n) is 16.0. The fourth-order valence-electron chi connectivity index (χ4n) is 3.02. The van der Waals surface area contributed by atoms with E-state index < -0.39 is 16.1 Å². The highest BCUT2D eigenvalue weighted by molar-refractivity contribution is 7.90. The van der Waals surface area contributed by atoms with E-state index in [0.29, 0.717) is 15.7 Å². The highest BCUT2D eigenvalue weighted by atomic mass is 35.5. The number of anilines is 1. The van der Waals surface area contributed by atoms with Crippen LogP contribution in [0.4, 0.5) is 5.13 Å². The SMILES string of the molecule is Cc1sc(NC(=O)[C@H](C)N=C2NS(=O)(=O)c3ccccc32)nc1-c1ccc(Cl)cc1. The molecule has 0 aliphatic carbocycles. The summed E-state index contributed by atoms with van der Waals surface area (Å²) in [6, 6.07) is 13.0. The number of amides is 1. The van der Waals surface area contributed by atoms with E-state index in [0.717, 1.165) is 16.1 Å². The van der Waals surface area contributed by atoms with Crippen molar-refractivity contribution in [2.24, 2.45) is 4.99 Å². The largest absolute Gasteiger partial charge is 0.300 e. The van der Waals surface area contributed by atoms with Crippen LogP contribution in [-0.4, -0.2) is 31.2 Å². The van der Waals surface area contributed by atoms with Gasteiger partial charge in [-0.2, -0.15) is 0 Å². The fraction of sp³-hybridized carbons (Fsp3) is 0.150. The van der Waals surface area contributed by atoms with Gasteiger partial charge in [0, 0.05) is 21.0 Å². The maximum absolute atomic E-state index is 12.6. The maximum atomic E-state index is 12.6. The lowest BCUT2D eigenvalue weighted by molar-refractivity contribution is -0.117. The van der Waals surface area contributed by atoms with E-state index in [-0.39, 0.29) is 16.6 Å². The number of nitrogens with zero attached hydrogens (tertiary/aromatic N) is 2. The van der Waals surface area contributed by atoms with E-state index in [4.69, 9.17) is 11.6 Å². The van der Waals surface area contributed by atoms with Gasteiger partial charge in [-0.25, -0.2) is 13.4 Å². The third-order valence-electron chi connectivity index (χ3n) is 4.51. The van der Waals surface area contributed by atoms with Gasteiger partial charge in [0.2, 0.25) is 0 Å². The number of carbonyl (C=O) groups excluding carboxylic acids is 1. The minimum absolute atomic E-state index is 0.152. The smallest absolute Gasteiger partial charge is 0.263 e. The number of aromatic nitrogens is 1. The van der Waals surface area contributed by atoms with Crippen LogP contribution in [0.2, 0.25) is 5.02 Å². The second-order valence-electron chi connectivity index (χ2n) is 6.68. The van der Waals surface area contributed by atoms with Crippen molar-refractivity contribution < 1.29 is 13.2 Å². The Morgan fingerprint density at radius 3 is 2.63 bits per heavy atom. The lowest BCUT2D eigenvalue weighted by atomic mass is 10.1. The molecule has 1 aliphatic heterocycles. The van der Waals surface area contributed by atoms with Crippen molar-refractivity contribution in [2.75, 3.05) is 5.32 Å². The molecule has 1 aromatic heterocycles. The van der Waals surface area contributed by atoms with Gasteiger partial charge in [0.05, 0.1) is 10.6 Å². The standard InChI is InChI=1S/C20H17ClN4O3S2/c1-11(22-18-15-5-3-4-6-16(15)30(27,28)25-18)19(26)24-20-23-17(12(2)29-20)13-7-9-14(21)10-8-13/h3-11H,1-2H3,(H,22,25)(H,23,24,26)/t11-/m0/s1. The first-order chi connectivity index (χ1) is 14.2. The van der Waals surface area contributed by atoms with E-state index in [9.17, 15) is 13.2 Å². The van der Waals surface area contributed by atoms with Crippen molar-refractivity contribution in [3.63, 3.8) is 0 Å². The van der Waals surface area contributed by atoms with Gasteiger partial charge in [0.25, 0.3) is 15.9 Å². The summed E-state index contributed by atoms with van der Waals surface area (Å²) >= 11 is 7.29. The summed E-state index contributed by atoms with van der Waals surface area (Å²) in [4.78, 5) is 22.5. The van der Waals surface area contributed by atoms with E-state index in [2.05, 4.69) is 20.0 Å². The number of hydrogen-bond donors (Lipinski definition) is 2. The molecule has 30 heavy (non-hydrogen) atoms. The number of sulfonamides is 1. The number of amidine groups is 1. The number of thiazole rings is 1. The Morgan fingerprint density at radius 2 is 1.90 bits per heavy atom. The zero-order chi connectivity index (χ0) is 21.5. The number of aliphatic imine (C=N–C) groups is 1. The number of carbonyl (C=O) groups is 1. The molecule has 2 aromatic carbocycles. The number of benzene rings is 2. The number of halogens is 1. The monoisotopic (exact) mass is 460 g/mol. The minimum atomic E-state index is -3.65. The van der Waals surface area contributed by atoms with Gasteiger partial charge < -0.3 is 5.32 Å². The number of fused-ring (bicyclic) bond motifs is 1. The molecule has 0 bridgehead atoms. The Kier molecular flexibility index (Phi) is 5.35. The first kappa shape index (κ1) is 20.5. The van der Waals surface area contributed by atoms with Gasteiger partial charge in [0.1, 0.15) is 11.9 Å². The molecule has 2 heterocycles. The van der Waals surface area contributed by atoms with Crippen LogP contribution in [0.1, 0.15) is 17.4 Å². The summed E-state index contributed by atoms with van der Waals surface area (Å²) in [5.74, 6) is -0.229. The van der Waals surface area contributed by atoms with Crippen LogP contribution in [-0.2, 0) is 14.8 Å². The van der Waals surface area contributed by atoms with Crippen LogP contribution in [0.3, 0.4) is 0 Å². The highest BCUT2D eigenvalue weighted by Gasteiger charge is 2.31. The first-order valence-corrected chi connectivity index (χ1v) is 11.7. The summed E-state index contributed by atoms with van der Waals surface area (Å²) in [6.07, 6.45) is 0. The van der Waals surface area contributed by atoms with Crippen molar-refractivity contribution in [3.05, 3.63) is 64.0 Å². The van der Waals surface area contributed by atoms with Crippen LogP contribution >= 0.6 is 22.9 Å². The molecule has 0 saturated heterocycles. The Hall–Kier alpha value is -2.75. The molecule has 4 rings (SSSR count). The van der Waals surface area contributed by atoms with Gasteiger partial charge >= 0.3 is 0 Å². The first-order valence-electron chi connectivity index (χ1n) is 8.99. The third kappa shape index (κ3) is 3.96. The summed E-state index contributed by atoms with van der Waals surface area (Å²) in [7, 11) is -3.65. The summed E-state index contributed by atoms with van der Waals surface area (Å²) in [5.41, 5.74) is 2.12. The Bertz CT molecular complexity index is 1270. The predicted octanol–water partition coefficient (Wildman–Crippen LogP) is 3.84. The van der Waals surface area contributed by atoms with Gasteiger partial charge in [-0.05, 0) is 38.1 Å². The molecule has 0 fully saturated rings. The van der Waals surface area contributed by atoms with Crippen LogP contribution in [0.5, 0.6) is 0 Å². The van der Waals surface area contributed by atoms with Crippen LogP contribution in [0.25, 0.3) is 11.3 Å². The molecular weight excluding hydrogens is 444 g/mol. The minimum Gasteiger partial charge on any atom is -0.300 e. The normalized spacial score (nSPS) is 16.7. The van der Waals surface area contributed by atoms with Crippen molar-refractivity contribution in [2.45, 2.75) is 24.8 Å². The third-order valence-corrected chi connectivity index (χ3v) is 7.04. The molecule has 1 aliphatic rings. The van der Waals surface area contributed by atoms with E-state index in [1.165, 1.54) is 17.4 Å². The van der Waals surface area contributed by atoms with Crippen molar-refractivity contribution in [1.29, 1.82) is 0 Å². The molecule has 0 saturated carbocycles. The molecule has 10 heteroatoms. The quantitative estimate of drug-likeness (QED) is 0.617. The number of nitrogens with one attached hydrogen (secondary N) is 2. The average molecular weight is 461 g/mol. The van der Waals surface area contributed by atoms with Crippen molar-refractivity contribution in [1.82, 2.24) is 9.71 Å². The van der Waals surface area contributed by atoms with E-state index in [1.807, 2.05) is 19.1 Å². The molecule has 1 amide bonds. The van der Waals surface area contributed by atoms with Crippen LogP contribution < -0.4 is 10.0 Å². The highest BCUT2D eigenvalue weighted by Crippen LogP contribution is 2.31. The lowest BCUT2D eigenvalue weighted by Crippen LogP contribution is -2.28. The van der Waals surface area contributed by atoms with Gasteiger partial charge in [-0.3, -0.25) is 14.5 Å². The zero-order valence-corrected chi connectivity index (χ0v) is 18.4. The van der Waals surface area contributed by atoms with Crippen LogP contribution in [0.15, 0.2) is 58.4 Å². The van der Waals surface area contributed by atoms with Gasteiger partial charge in [0.15, 0.2) is 5.13 Å². The van der Waals surface area contributed by atoms with Crippen molar-refractivity contribution >= 4 is 49.8 Å². The molecule has 7 nitrogen and oxygen atoms in total. The Morgan fingerprint density at radius 1 is 1.20 bits per heavy atom. The summed E-state index contributed by atoms with van der Waals surface area (Å²) in [5, 5.41) is 3.84. The number of hydrogen-bond acceptors (Lipinski definition) is 6. The molecule has 0 spiro atoms. The Labute approximate surface area is 182 Å². The maximum Gasteiger partial charge on any atom is 0.263 e. The van der Waals surface area contributed by atoms with Gasteiger partial charge in [-0.15, -0.1) is 11.3 Å².